The van der Waals surface area contributed by atoms with Crippen molar-refractivity contribution in [2.45, 2.75) is 19.8 Å². The molecular weight excluding hydrogens is 160 g/mol. The molecule has 5 heteroatoms. The second-order valence-electron chi connectivity index (χ2n) is 2.28. The number of urea groups is 1. The molecule has 0 aliphatic rings. The van der Waals surface area contributed by atoms with E-state index in [-0.39, 0.29) is 12.5 Å². The van der Waals surface area contributed by atoms with Crippen LogP contribution in [-0.4, -0.2) is 30.2 Å². The molecule has 0 spiro atoms. The van der Waals surface area contributed by atoms with Gasteiger partial charge in [-0.1, -0.05) is 0 Å². The Morgan fingerprint density at radius 2 is 2.00 bits per heavy atom. The summed E-state index contributed by atoms with van der Waals surface area (Å²) in [5.41, 5.74) is 0. The predicted molar refractivity (Wildman–Crippen MR) is 43.9 cm³/mol. The maximum absolute atomic E-state index is 10.7. The summed E-state index contributed by atoms with van der Waals surface area (Å²) in [7, 11) is 0. The van der Waals surface area contributed by atoms with Gasteiger partial charge in [-0.25, -0.2) is 4.79 Å². The lowest BCUT2D eigenvalue weighted by atomic mass is 10.3. The molecule has 3 N–H and O–H groups in total. The maximum atomic E-state index is 10.7. The molecule has 0 fully saturated rings. The van der Waals surface area contributed by atoms with Crippen molar-refractivity contribution in [3.05, 3.63) is 0 Å². The molecule has 0 aromatic carbocycles. The topological polar surface area (TPSA) is 78.4 Å². The van der Waals surface area contributed by atoms with Crippen LogP contribution in [0.15, 0.2) is 0 Å². The first kappa shape index (κ1) is 10.7. The van der Waals surface area contributed by atoms with Gasteiger partial charge >= 0.3 is 12.0 Å². The van der Waals surface area contributed by atoms with Crippen LogP contribution < -0.4 is 10.6 Å². The number of carbonyl (C=O) groups excluding carboxylic acids is 1. The summed E-state index contributed by atoms with van der Waals surface area (Å²) in [5, 5.41) is 13.3. The number of rotatable bonds is 5. The summed E-state index contributed by atoms with van der Waals surface area (Å²) >= 11 is 0. The molecule has 0 aromatic rings. The van der Waals surface area contributed by atoms with Gasteiger partial charge in [0.15, 0.2) is 0 Å². The predicted octanol–water partition coefficient (Wildman–Crippen LogP) is 0.170. The number of carboxylic acid groups (broad SMARTS) is 1. The fourth-order valence-corrected chi connectivity index (χ4v) is 0.665. The quantitative estimate of drug-likeness (QED) is 0.520. The molecule has 0 aliphatic carbocycles. The van der Waals surface area contributed by atoms with Crippen LogP contribution in [0.3, 0.4) is 0 Å². The molecule has 0 aliphatic heterocycles. The third-order valence-corrected chi connectivity index (χ3v) is 1.19. The highest BCUT2D eigenvalue weighted by molar-refractivity contribution is 5.73. The highest BCUT2D eigenvalue weighted by atomic mass is 16.4. The van der Waals surface area contributed by atoms with E-state index in [0.29, 0.717) is 19.5 Å². The smallest absolute Gasteiger partial charge is 0.314 e. The zero-order valence-electron chi connectivity index (χ0n) is 7.09. The van der Waals surface area contributed by atoms with Gasteiger partial charge < -0.3 is 15.7 Å². The third kappa shape index (κ3) is 6.85. The Morgan fingerprint density at radius 3 is 2.50 bits per heavy atom. The lowest BCUT2D eigenvalue weighted by molar-refractivity contribution is -0.137. The maximum Gasteiger partial charge on any atom is 0.314 e. The van der Waals surface area contributed by atoms with E-state index >= 15 is 0 Å². The third-order valence-electron chi connectivity index (χ3n) is 1.19. The van der Waals surface area contributed by atoms with Crippen LogP contribution in [-0.2, 0) is 4.79 Å². The number of amides is 2. The molecule has 0 atom stereocenters. The van der Waals surface area contributed by atoms with Crippen molar-refractivity contribution < 1.29 is 14.7 Å². The van der Waals surface area contributed by atoms with Crippen molar-refractivity contribution in [2.24, 2.45) is 0 Å². The highest BCUT2D eigenvalue weighted by Crippen LogP contribution is 1.85. The molecule has 0 unspecified atom stereocenters. The summed E-state index contributed by atoms with van der Waals surface area (Å²) in [6.45, 7) is 2.79. The average molecular weight is 174 g/mol. The van der Waals surface area contributed by atoms with Crippen molar-refractivity contribution >= 4 is 12.0 Å². The SMILES string of the molecule is CCNC(=O)NCCCC(=O)O. The molecule has 0 saturated heterocycles. The van der Waals surface area contributed by atoms with Crippen LogP contribution >= 0.6 is 0 Å². The van der Waals surface area contributed by atoms with Crippen molar-refractivity contribution in [2.75, 3.05) is 13.1 Å². The van der Waals surface area contributed by atoms with E-state index in [2.05, 4.69) is 10.6 Å². The monoisotopic (exact) mass is 174 g/mol. The van der Waals surface area contributed by atoms with Crippen LogP contribution in [0.5, 0.6) is 0 Å². The van der Waals surface area contributed by atoms with Crippen LogP contribution in [0.25, 0.3) is 0 Å². The van der Waals surface area contributed by atoms with E-state index in [4.69, 9.17) is 5.11 Å². The molecule has 70 valence electrons. The fraction of sp³-hybridized carbons (Fsp3) is 0.714. The van der Waals surface area contributed by atoms with Crippen LogP contribution in [0.1, 0.15) is 19.8 Å². The van der Waals surface area contributed by atoms with E-state index in [1.54, 1.807) is 0 Å². The molecule has 0 heterocycles. The van der Waals surface area contributed by atoms with Crippen LogP contribution in [0.2, 0.25) is 0 Å². The van der Waals surface area contributed by atoms with Crippen LogP contribution in [0, 0.1) is 0 Å². The van der Waals surface area contributed by atoms with Gasteiger partial charge in [0.1, 0.15) is 0 Å². The number of hydrogen-bond donors (Lipinski definition) is 3. The van der Waals surface area contributed by atoms with Gasteiger partial charge in [0, 0.05) is 19.5 Å². The largest absolute Gasteiger partial charge is 0.481 e. The first-order valence-corrected chi connectivity index (χ1v) is 3.90. The normalized spacial score (nSPS) is 9.08. The molecule has 5 nitrogen and oxygen atoms in total. The summed E-state index contributed by atoms with van der Waals surface area (Å²) in [5.74, 6) is -0.840. The molecule has 2 amide bonds. The molecule has 0 saturated carbocycles. The molecule has 0 rings (SSSR count). The van der Waals surface area contributed by atoms with Gasteiger partial charge in [0.2, 0.25) is 0 Å². The van der Waals surface area contributed by atoms with Gasteiger partial charge in [0.25, 0.3) is 0 Å². The van der Waals surface area contributed by atoms with Gasteiger partial charge in [-0.2, -0.15) is 0 Å². The van der Waals surface area contributed by atoms with Gasteiger partial charge in [-0.3, -0.25) is 4.79 Å². The first-order valence-electron chi connectivity index (χ1n) is 3.90. The van der Waals surface area contributed by atoms with Gasteiger partial charge in [-0.05, 0) is 13.3 Å². The molecule has 0 aromatic heterocycles. The first-order chi connectivity index (χ1) is 5.66. The number of hydrogen-bond acceptors (Lipinski definition) is 2. The van der Waals surface area contributed by atoms with Crippen molar-refractivity contribution in [1.29, 1.82) is 0 Å². The number of carbonyl (C=O) groups is 2. The van der Waals surface area contributed by atoms with Crippen molar-refractivity contribution in [3.8, 4) is 0 Å². The molecule has 0 radical (unpaired) electrons. The van der Waals surface area contributed by atoms with E-state index in [0.717, 1.165) is 0 Å². The zero-order chi connectivity index (χ0) is 9.40. The van der Waals surface area contributed by atoms with Gasteiger partial charge in [-0.15, -0.1) is 0 Å². The fourth-order valence-electron chi connectivity index (χ4n) is 0.665. The summed E-state index contributed by atoms with van der Waals surface area (Å²) in [6, 6.07) is -0.247. The van der Waals surface area contributed by atoms with E-state index in [1.165, 1.54) is 0 Å². The summed E-state index contributed by atoms with van der Waals surface area (Å²) in [6.07, 6.45) is 0.554. The molecule has 12 heavy (non-hydrogen) atoms. The summed E-state index contributed by atoms with van der Waals surface area (Å²) < 4.78 is 0. The van der Waals surface area contributed by atoms with E-state index < -0.39 is 5.97 Å². The van der Waals surface area contributed by atoms with E-state index in [9.17, 15) is 9.59 Å². The van der Waals surface area contributed by atoms with Crippen molar-refractivity contribution in [1.82, 2.24) is 10.6 Å². The second kappa shape index (κ2) is 6.45. The Balaban J connectivity index is 3.19. The minimum atomic E-state index is -0.840. The zero-order valence-corrected chi connectivity index (χ0v) is 7.09. The minimum Gasteiger partial charge on any atom is -0.481 e. The number of aliphatic carboxylic acids is 1. The van der Waals surface area contributed by atoms with Crippen molar-refractivity contribution in [3.63, 3.8) is 0 Å². The number of nitrogens with one attached hydrogen (secondary N) is 2. The highest BCUT2D eigenvalue weighted by Gasteiger charge is 1.98. The number of carboxylic acids is 1. The Labute approximate surface area is 71.1 Å². The average Bonchev–Trinajstić information content (AvgIpc) is 1.98. The van der Waals surface area contributed by atoms with Crippen LogP contribution in [0.4, 0.5) is 4.79 Å². The minimum absolute atomic E-state index is 0.0897. The lowest BCUT2D eigenvalue weighted by Crippen LogP contribution is -2.35. The Hall–Kier alpha value is -1.26. The molecule has 0 bridgehead atoms. The van der Waals surface area contributed by atoms with E-state index in [1.807, 2.05) is 6.92 Å². The Bertz CT molecular complexity index is 159. The Kier molecular flexibility index (Phi) is 5.77. The lowest BCUT2D eigenvalue weighted by Gasteiger charge is -2.03. The molecular formula is C7H14N2O3. The standard InChI is InChI=1S/C7H14N2O3/c1-2-8-7(12)9-5-3-4-6(10)11/h2-5H2,1H3,(H,10,11)(H2,8,9,12). The second-order valence-corrected chi connectivity index (χ2v) is 2.28. The summed E-state index contributed by atoms with van der Waals surface area (Å²) in [4.78, 5) is 20.8. The Morgan fingerprint density at radius 1 is 1.33 bits per heavy atom. The van der Waals surface area contributed by atoms with Gasteiger partial charge in [0.05, 0.1) is 0 Å².